The number of aromatic amines is 1. The summed E-state index contributed by atoms with van der Waals surface area (Å²) in [6, 6.07) is 1.87. The van der Waals surface area contributed by atoms with E-state index in [1.807, 2.05) is 25.5 Å². The van der Waals surface area contributed by atoms with E-state index in [0.717, 1.165) is 50.3 Å². The second-order valence-electron chi connectivity index (χ2n) is 6.11. The van der Waals surface area contributed by atoms with E-state index in [4.69, 9.17) is 0 Å². The van der Waals surface area contributed by atoms with E-state index >= 15 is 0 Å². The molecule has 3 heterocycles. The molecular formula is C16H23N5O. The molecule has 0 aliphatic carbocycles. The number of hydrogen-bond acceptors (Lipinski definition) is 3. The van der Waals surface area contributed by atoms with Crippen LogP contribution in [0.2, 0.25) is 0 Å². The molecule has 0 spiro atoms. The van der Waals surface area contributed by atoms with E-state index in [1.54, 1.807) is 4.90 Å². The molecule has 0 radical (unpaired) electrons. The highest BCUT2D eigenvalue weighted by Crippen LogP contribution is 2.20. The molecule has 2 aromatic rings. The van der Waals surface area contributed by atoms with Crippen molar-refractivity contribution in [3.05, 3.63) is 35.7 Å². The fourth-order valence-corrected chi connectivity index (χ4v) is 3.12. The minimum Gasteiger partial charge on any atom is -0.340 e. The molecule has 1 amide bonds. The van der Waals surface area contributed by atoms with Gasteiger partial charge in [0.15, 0.2) is 0 Å². The maximum atomic E-state index is 12.5. The number of amides is 1. The topological polar surface area (TPSA) is 66.8 Å². The Labute approximate surface area is 130 Å². The van der Waals surface area contributed by atoms with Crippen molar-refractivity contribution in [2.75, 3.05) is 13.6 Å². The number of aromatic nitrogens is 4. The highest BCUT2D eigenvalue weighted by Gasteiger charge is 2.23. The Morgan fingerprint density at radius 3 is 3.23 bits per heavy atom. The van der Waals surface area contributed by atoms with Crippen molar-refractivity contribution in [2.45, 2.75) is 39.2 Å². The molecule has 22 heavy (non-hydrogen) atoms. The van der Waals surface area contributed by atoms with Crippen LogP contribution in [0.25, 0.3) is 0 Å². The minimum atomic E-state index is -0.00460. The molecule has 1 N–H and O–H groups in total. The highest BCUT2D eigenvalue weighted by molar-refractivity contribution is 5.92. The number of nitrogens with zero attached hydrogens (tertiary/aromatic N) is 4. The van der Waals surface area contributed by atoms with Gasteiger partial charge in [0.25, 0.3) is 5.91 Å². The summed E-state index contributed by atoms with van der Waals surface area (Å²) < 4.78 is 2.19. The lowest BCUT2D eigenvalue weighted by atomic mass is 9.99. The van der Waals surface area contributed by atoms with E-state index < -0.39 is 0 Å². The van der Waals surface area contributed by atoms with Crippen molar-refractivity contribution in [1.29, 1.82) is 0 Å². The van der Waals surface area contributed by atoms with Crippen LogP contribution in [-0.2, 0) is 19.4 Å². The normalized spacial score (nSPS) is 17.3. The largest absolute Gasteiger partial charge is 0.340 e. The monoisotopic (exact) mass is 301 g/mol. The molecule has 0 aromatic carbocycles. The number of rotatable bonds is 5. The van der Waals surface area contributed by atoms with Crippen LogP contribution in [0.1, 0.15) is 41.8 Å². The minimum absolute atomic E-state index is 0.00460. The van der Waals surface area contributed by atoms with Gasteiger partial charge in [-0.25, -0.2) is 4.98 Å². The molecule has 118 valence electrons. The second-order valence-corrected chi connectivity index (χ2v) is 6.11. The Hall–Kier alpha value is -2.11. The summed E-state index contributed by atoms with van der Waals surface area (Å²) in [7, 11) is 1.86. The number of aryl methyl sites for hydroxylation is 2. The zero-order valence-corrected chi connectivity index (χ0v) is 13.2. The van der Waals surface area contributed by atoms with Crippen LogP contribution in [-0.4, -0.2) is 44.1 Å². The van der Waals surface area contributed by atoms with Crippen molar-refractivity contribution in [1.82, 2.24) is 24.6 Å². The SMILES string of the molecule is CCCc1cc(C(=O)N(C)CC2CCc3nccn3C2)n[nH]1. The van der Waals surface area contributed by atoms with Gasteiger partial charge in [-0.3, -0.25) is 9.89 Å². The molecule has 1 aliphatic heterocycles. The first-order valence-corrected chi connectivity index (χ1v) is 7.97. The maximum absolute atomic E-state index is 12.5. The summed E-state index contributed by atoms with van der Waals surface area (Å²) in [4.78, 5) is 18.6. The quantitative estimate of drug-likeness (QED) is 0.917. The summed E-state index contributed by atoms with van der Waals surface area (Å²) >= 11 is 0. The zero-order chi connectivity index (χ0) is 15.5. The van der Waals surface area contributed by atoms with Crippen LogP contribution in [0.4, 0.5) is 0 Å². The molecule has 3 rings (SSSR count). The van der Waals surface area contributed by atoms with Gasteiger partial charge in [0, 0.05) is 44.6 Å². The molecule has 6 nitrogen and oxygen atoms in total. The van der Waals surface area contributed by atoms with Crippen molar-refractivity contribution in [3.8, 4) is 0 Å². The fraction of sp³-hybridized carbons (Fsp3) is 0.562. The van der Waals surface area contributed by atoms with E-state index in [9.17, 15) is 4.79 Å². The third-order valence-corrected chi connectivity index (χ3v) is 4.28. The number of fused-ring (bicyclic) bond motifs is 1. The molecule has 0 saturated heterocycles. The van der Waals surface area contributed by atoms with E-state index in [2.05, 4.69) is 26.7 Å². The number of imidazole rings is 1. The summed E-state index contributed by atoms with van der Waals surface area (Å²) in [5.41, 5.74) is 1.55. The van der Waals surface area contributed by atoms with Crippen molar-refractivity contribution in [2.24, 2.45) is 5.92 Å². The van der Waals surface area contributed by atoms with Crippen LogP contribution in [0.3, 0.4) is 0 Å². The summed E-state index contributed by atoms with van der Waals surface area (Å²) in [6.45, 7) is 3.81. The Morgan fingerprint density at radius 2 is 2.41 bits per heavy atom. The Kier molecular flexibility index (Phi) is 4.27. The molecule has 0 fully saturated rings. The van der Waals surface area contributed by atoms with Crippen LogP contribution in [0.5, 0.6) is 0 Å². The number of carbonyl (C=O) groups is 1. The average molecular weight is 301 g/mol. The van der Waals surface area contributed by atoms with Gasteiger partial charge in [-0.2, -0.15) is 5.10 Å². The van der Waals surface area contributed by atoms with Gasteiger partial charge in [0.05, 0.1) is 0 Å². The molecule has 0 saturated carbocycles. The molecular weight excluding hydrogens is 278 g/mol. The van der Waals surface area contributed by atoms with Gasteiger partial charge < -0.3 is 9.47 Å². The van der Waals surface area contributed by atoms with Crippen molar-refractivity contribution < 1.29 is 4.79 Å². The third-order valence-electron chi connectivity index (χ3n) is 4.28. The number of carbonyl (C=O) groups excluding carboxylic acids is 1. The summed E-state index contributed by atoms with van der Waals surface area (Å²) in [5, 5.41) is 7.09. The van der Waals surface area contributed by atoms with Gasteiger partial charge in [-0.1, -0.05) is 13.3 Å². The Morgan fingerprint density at radius 1 is 1.55 bits per heavy atom. The van der Waals surface area contributed by atoms with E-state index in [-0.39, 0.29) is 5.91 Å². The van der Waals surface area contributed by atoms with Crippen LogP contribution < -0.4 is 0 Å². The van der Waals surface area contributed by atoms with Crippen LogP contribution >= 0.6 is 0 Å². The summed E-state index contributed by atoms with van der Waals surface area (Å²) in [6.07, 6.45) is 7.91. The Balaban J connectivity index is 1.59. The maximum Gasteiger partial charge on any atom is 0.274 e. The Bertz CT molecular complexity index is 645. The van der Waals surface area contributed by atoms with Crippen LogP contribution in [0.15, 0.2) is 18.5 Å². The standard InChI is InChI=1S/C16H23N5O/c1-3-4-13-9-14(19-18-13)16(22)20(2)10-12-5-6-15-17-7-8-21(15)11-12/h7-9,12H,3-6,10-11H2,1-2H3,(H,18,19). The predicted molar refractivity (Wildman–Crippen MR) is 83.6 cm³/mol. The smallest absolute Gasteiger partial charge is 0.274 e. The lowest BCUT2D eigenvalue weighted by Gasteiger charge is -2.27. The van der Waals surface area contributed by atoms with Crippen molar-refractivity contribution in [3.63, 3.8) is 0 Å². The summed E-state index contributed by atoms with van der Waals surface area (Å²) in [5.74, 6) is 1.63. The third kappa shape index (κ3) is 3.05. The molecule has 1 unspecified atom stereocenters. The van der Waals surface area contributed by atoms with E-state index in [0.29, 0.717) is 11.6 Å². The number of H-pyrrole nitrogens is 1. The second kappa shape index (κ2) is 6.34. The van der Waals surface area contributed by atoms with Gasteiger partial charge in [-0.15, -0.1) is 0 Å². The lowest BCUT2D eigenvalue weighted by Crippen LogP contribution is -2.35. The first kappa shape index (κ1) is 14.8. The fourth-order valence-electron chi connectivity index (χ4n) is 3.12. The number of hydrogen-bond donors (Lipinski definition) is 1. The molecule has 6 heteroatoms. The highest BCUT2D eigenvalue weighted by atomic mass is 16.2. The van der Waals surface area contributed by atoms with Crippen molar-refractivity contribution >= 4 is 5.91 Å². The first-order valence-electron chi connectivity index (χ1n) is 7.97. The van der Waals surface area contributed by atoms with Gasteiger partial charge in [-0.05, 0) is 24.8 Å². The predicted octanol–water partition coefficient (Wildman–Crippen LogP) is 1.89. The average Bonchev–Trinajstić information content (AvgIpc) is 3.15. The molecule has 0 bridgehead atoms. The first-order chi connectivity index (χ1) is 10.7. The number of nitrogens with one attached hydrogen (secondary N) is 1. The van der Waals surface area contributed by atoms with Gasteiger partial charge in [0.1, 0.15) is 11.5 Å². The molecule has 1 atom stereocenters. The zero-order valence-electron chi connectivity index (χ0n) is 13.2. The van der Waals surface area contributed by atoms with Gasteiger partial charge >= 0.3 is 0 Å². The van der Waals surface area contributed by atoms with E-state index in [1.165, 1.54) is 0 Å². The van der Waals surface area contributed by atoms with Gasteiger partial charge in [0.2, 0.25) is 0 Å². The molecule has 1 aliphatic rings. The molecule has 2 aromatic heterocycles. The lowest BCUT2D eigenvalue weighted by molar-refractivity contribution is 0.0754. The van der Waals surface area contributed by atoms with Crippen LogP contribution in [0, 0.1) is 5.92 Å².